The van der Waals surface area contributed by atoms with Crippen LogP contribution in [0, 0.1) is 0 Å². The van der Waals surface area contributed by atoms with Crippen LogP contribution in [0.4, 0.5) is 0 Å². The minimum atomic E-state index is 0.0210. The first kappa shape index (κ1) is 11.2. The highest BCUT2D eigenvalue weighted by Gasteiger charge is 2.37. The molecule has 1 aliphatic carbocycles. The summed E-state index contributed by atoms with van der Waals surface area (Å²) in [5.41, 5.74) is 0.0210. The number of hydrogen-bond acceptors (Lipinski definition) is 2. The highest BCUT2D eigenvalue weighted by molar-refractivity contribution is 6.20. The van der Waals surface area contributed by atoms with E-state index >= 15 is 0 Å². The fourth-order valence-corrected chi connectivity index (χ4v) is 2.81. The van der Waals surface area contributed by atoms with Crippen LogP contribution < -0.4 is 0 Å². The van der Waals surface area contributed by atoms with Gasteiger partial charge in [-0.3, -0.25) is 4.90 Å². The van der Waals surface area contributed by atoms with Crippen molar-refractivity contribution in [1.29, 1.82) is 0 Å². The van der Waals surface area contributed by atoms with Crippen molar-refractivity contribution < 1.29 is 5.11 Å². The Bertz CT molecular complexity index is 277. The average Bonchev–Trinajstić information content (AvgIpc) is 2.67. The Morgan fingerprint density at radius 2 is 2.33 bits per heavy atom. The molecule has 84 valence electrons. The molecule has 0 amide bonds. The van der Waals surface area contributed by atoms with E-state index in [1.807, 2.05) is 0 Å². The summed E-state index contributed by atoms with van der Waals surface area (Å²) in [5, 5.41) is 9.47. The molecule has 0 radical (unpaired) electrons. The predicted octanol–water partition coefficient (Wildman–Crippen LogP) is 1.94. The van der Waals surface area contributed by atoms with Crippen molar-refractivity contribution in [3.8, 4) is 0 Å². The number of allylic oxidation sites excluding steroid dienone is 2. The summed E-state index contributed by atoms with van der Waals surface area (Å²) in [6, 6.07) is 0. The van der Waals surface area contributed by atoms with Crippen LogP contribution in [-0.2, 0) is 0 Å². The number of nitrogens with zero attached hydrogens (tertiary/aromatic N) is 1. The van der Waals surface area contributed by atoms with Gasteiger partial charge in [-0.1, -0.05) is 24.3 Å². The van der Waals surface area contributed by atoms with Gasteiger partial charge in [0.2, 0.25) is 0 Å². The molecular formula is C12H18ClNO. The van der Waals surface area contributed by atoms with E-state index in [1.54, 1.807) is 0 Å². The van der Waals surface area contributed by atoms with Gasteiger partial charge in [-0.05, 0) is 19.3 Å². The van der Waals surface area contributed by atoms with Crippen molar-refractivity contribution in [2.24, 2.45) is 0 Å². The lowest BCUT2D eigenvalue weighted by atomic mass is 9.86. The molecule has 3 heteroatoms. The van der Waals surface area contributed by atoms with Crippen molar-refractivity contribution in [1.82, 2.24) is 4.90 Å². The van der Waals surface area contributed by atoms with E-state index in [1.165, 1.54) is 0 Å². The van der Waals surface area contributed by atoms with E-state index in [4.69, 9.17) is 11.6 Å². The smallest absolute Gasteiger partial charge is 0.0475 e. The molecule has 1 aliphatic heterocycles. The largest absolute Gasteiger partial charge is 0.396 e. The van der Waals surface area contributed by atoms with Crippen LogP contribution in [0.25, 0.3) is 0 Å². The number of aliphatic hydroxyl groups excluding tert-OH is 1. The molecule has 15 heavy (non-hydrogen) atoms. The van der Waals surface area contributed by atoms with Gasteiger partial charge >= 0.3 is 0 Å². The van der Waals surface area contributed by atoms with Gasteiger partial charge in [0, 0.05) is 30.6 Å². The van der Waals surface area contributed by atoms with Gasteiger partial charge in [0.15, 0.2) is 0 Å². The first-order chi connectivity index (χ1) is 7.27. The number of rotatable bonds is 3. The molecule has 0 aromatic carbocycles. The molecule has 0 unspecified atom stereocenters. The lowest BCUT2D eigenvalue weighted by Crippen LogP contribution is -2.47. The third kappa shape index (κ3) is 2.27. The number of alkyl halides is 1. The third-order valence-corrected chi connectivity index (χ3v) is 3.79. The summed E-state index contributed by atoms with van der Waals surface area (Å²) in [6.45, 7) is 2.23. The Balaban J connectivity index is 2.12. The molecule has 2 aliphatic rings. The molecule has 0 aromatic rings. The second kappa shape index (κ2) is 4.69. The van der Waals surface area contributed by atoms with Crippen LogP contribution in [0.15, 0.2) is 24.3 Å². The molecule has 1 N–H and O–H groups in total. The fourth-order valence-electron chi connectivity index (χ4n) is 2.55. The van der Waals surface area contributed by atoms with Gasteiger partial charge in [-0.15, -0.1) is 11.6 Å². The van der Waals surface area contributed by atoms with Crippen molar-refractivity contribution in [3.63, 3.8) is 0 Å². The van der Waals surface area contributed by atoms with Crippen LogP contribution in [0.3, 0.4) is 0 Å². The summed E-state index contributed by atoms with van der Waals surface area (Å²) >= 11 is 6.14. The number of hydrogen-bond donors (Lipinski definition) is 1. The Kier molecular flexibility index (Phi) is 3.49. The zero-order chi connectivity index (χ0) is 10.7. The number of halogens is 1. The zero-order valence-corrected chi connectivity index (χ0v) is 9.66. The molecule has 1 fully saturated rings. The number of likely N-dealkylation sites (tertiary alicyclic amines) is 1. The molecular weight excluding hydrogens is 210 g/mol. The van der Waals surface area contributed by atoms with Crippen LogP contribution in [-0.4, -0.2) is 40.6 Å². The van der Waals surface area contributed by atoms with E-state index in [0.717, 1.165) is 32.4 Å². The maximum atomic E-state index is 9.19. The Morgan fingerprint density at radius 3 is 2.87 bits per heavy atom. The van der Waals surface area contributed by atoms with Crippen molar-refractivity contribution in [3.05, 3.63) is 24.3 Å². The average molecular weight is 228 g/mol. The topological polar surface area (TPSA) is 23.5 Å². The maximum absolute atomic E-state index is 9.19. The van der Waals surface area contributed by atoms with Crippen molar-refractivity contribution in [2.45, 2.75) is 30.2 Å². The van der Waals surface area contributed by atoms with E-state index in [2.05, 4.69) is 29.2 Å². The molecule has 2 atom stereocenters. The highest BCUT2D eigenvalue weighted by atomic mass is 35.5. The molecule has 0 aromatic heterocycles. The normalized spacial score (nSPS) is 36.3. The lowest BCUT2D eigenvalue weighted by Gasteiger charge is -2.40. The maximum Gasteiger partial charge on any atom is 0.0475 e. The van der Waals surface area contributed by atoms with Crippen LogP contribution >= 0.6 is 11.6 Å². The summed E-state index contributed by atoms with van der Waals surface area (Å²) in [5.74, 6) is 0. The standard InChI is InChI=1S/C12H18ClNO/c13-11-4-8-14(10-11)12(7-9-15)5-2-1-3-6-12/h1-3,5,11,15H,4,6-10H2/t11-,12+/m0/s1. The number of aliphatic hydroxyl groups is 1. The van der Waals surface area contributed by atoms with Gasteiger partial charge in [0.1, 0.15) is 0 Å². The summed E-state index contributed by atoms with van der Waals surface area (Å²) in [7, 11) is 0. The Hall–Kier alpha value is -0.310. The van der Waals surface area contributed by atoms with E-state index in [0.29, 0.717) is 0 Å². The summed E-state index contributed by atoms with van der Waals surface area (Å²) < 4.78 is 0. The molecule has 0 saturated carbocycles. The zero-order valence-electron chi connectivity index (χ0n) is 8.90. The molecule has 1 heterocycles. The van der Waals surface area contributed by atoms with Crippen LogP contribution in [0.2, 0.25) is 0 Å². The molecule has 2 rings (SSSR count). The molecule has 1 saturated heterocycles. The van der Waals surface area contributed by atoms with E-state index in [9.17, 15) is 5.11 Å². The van der Waals surface area contributed by atoms with Gasteiger partial charge in [-0.2, -0.15) is 0 Å². The van der Waals surface area contributed by atoms with Gasteiger partial charge < -0.3 is 5.11 Å². The Morgan fingerprint density at radius 1 is 1.47 bits per heavy atom. The fraction of sp³-hybridized carbons (Fsp3) is 0.667. The predicted molar refractivity (Wildman–Crippen MR) is 63.2 cm³/mol. The third-order valence-electron chi connectivity index (χ3n) is 3.43. The van der Waals surface area contributed by atoms with Crippen LogP contribution in [0.5, 0.6) is 0 Å². The van der Waals surface area contributed by atoms with E-state index < -0.39 is 0 Å². The minimum absolute atomic E-state index is 0.0210. The summed E-state index contributed by atoms with van der Waals surface area (Å²) in [6.07, 6.45) is 11.4. The van der Waals surface area contributed by atoms with Crippen LogP contribution in [0.1, 0.15) is 19.3 Å². The van der Waals surface area contributed by atoms with Gasteiger partial charge in [0.25, 0.3) is 0 Å². The highest BCUT2D eigenvalue weighted by Crippen LogP contribution is 2.33. The minimum Gasteiger partial charge on any atom is -0.396 e. The first-order valence-corrected chi connectivity index (χ1v) is 6.05. The molecule has 2 nitrogen and oxygen atoms in total. The monoisotopic (exact) mass is 227 g/mol. The Labute approximate surface area is 96.2 Å². The second-order valence-corrected chi connectivity index (χ2v) is 5.02. The summed E-state index contributed by atoms with van der Waals surface area (Å²) in [4.78, 5) is 2.42. The second-order valence-electron chi connectivity index (χ2n) is 4.40. The molecule has 0 spiro atoms. The van der Waals surface area contributed by atoms with Gasteiger partial charge in [-0.25, -0.2) is 0 Å². The van der Waals surface area contributed by atoms with Crippen molar-refractivity contribution in [2.75, 3.05) is 19.7 Å². The first-order valence-electron chi connectivity index (χ1n) is 5.61. The SMILES string of the molecule is OCC[C@@]1(N2CC[C@H](Cl)C2)C=CC=CC1. The quantitative estimate of drug-likeness (QED) is 0.745. The van der Waals surface area contributed by atoms with E-state index in [-0.39, 0.29) is 17.5 Å². The molecule has 0 bridgehead atoms. The van der Waals surface area contributed by atoms with Gasteiger partial charge in [0.05, 0.1) is 0 Å². The van der Waals surface area contributed by atoms with Crippen molar-refractivity contribution >= 4 is 11.6 Å². The lowest BCUT2D eigenvalue weighted by molar-refractivity contribution is 0.125.